The van der Waals surface area contributed by atoms with Crippen molar-refractivity contribution >= 4 is 0 Å². The third-order valence-electron chi connectivity index (χ3n) is 2.91. The molecule has 0 aliphatic heterocycles. The summed E-state index contributed by atoms with van der Waals surface area (Å²) in [4.78, 5) is 4.33. The van der Waals surface area contributed by atoms with E-state index < -0.39 is 0 Å². The highest BCUT2D eigenvalue weighted by atomic mass is 16.3. The highest BCUT2D eigenvalue weighted by molar-refractivity contribution is 5.05. The molecule has 0 saturated heterocycles. The van der Waals surface area contributed by atoms with Crippen LogP contribution in [0.4, 0.5) is 0 Å². The Morgan fingerprint density at radius 1 is 1.29 bits per heavy atom. The molecule has 0 radical (unpaired) electrons. The van der Waals surface area contributed by atoms with Crippen molar-refractivity contribution in [2.45, 2.75) is 25.3 Å². The first-order valence-electron chi connectivity index (χ1n) is 5.98. The van der Waals surface area contributed by atoms with Crippen molar-refractivity contribution in [3.8, 4) is 0 Å². The molecule has 2 aromatic heterocycles. The number of hydrogen-bond acceptors (Lipinski definition) is 3. The van der Waals surface area contributed by atoms with Crippen molar-refractivity contribution in [1.29, 1.82) is 0 Å². The van der Waals surface area contributed by atoms with Gasteiger partial charge in [-0.15, -0.1) is 0 Å². The van der Waals surface area contributed by atoms with Gasteiger partial charge in [0, 0.05) is 24.4 Å². The van der Waals surface area contributed by atoms with Gasteiger partial charge in [-0.2, -0.15) is 0 Å². The molecular formula is C14H18N2O. The second kappa shape index (κ2) is 6.21. The molecule has 3 nitrogen and oxygen atoms in total. The molecule has 2 rings (SSSR count). The van der Waals surface area contributed by atoms with E-state index in [4.69, 9.17) is 4.42 Å². The highest BCUT2D eigenvalue weighted by Gasteiger charge is 2.09. The standard InChI is InChI=1S/C14H18N2O/c1-15-13(11-14-6-4-10-17-14)8-7-12-5-2-3-9-16-12/h2-6,9-10,13,15H,7-8,11H2,1H3. The smallest absolute Gasteiger partial charge is 0.105 e. The lowest BCUT2D eigenvalue weighted by atomic mass is 10.0. The molecule has 0 aliphatic carbocycles. The van der Waals surface area contributed by atoms with E-state index in [2.05, 4.69) is 16.4 Å². The SMILES string of the molecule is CNC(CCc1ccccn1)Cc1ccco1. The van der Waals surface area contributed by atoms with Crippen molar-refractivity contribution in [3.05, 3.63) is 54.2 Å². The Morgan fingerprint density at radius 2 is 2.24 bits per heavy atom. The van der Waals surface area contributed by atoms with E-state index in [0.29, 0.717) is 6.04 Å². The maximum absolute atomic E-state index is 5.36. The van der Waals surface area contributed by atoms with Crippen LogP contribution in [0.2, 0.25) is 0 Å². The molecule has 0 spiro atoms. The Bertz CT molecular complexity index is 411. The van der Waals surface area contributed by atoms with Gasteiger partial charge in [0.1, 0.15) is 5.76 Å². The van der Waals surface area contributed by atoms with Crippen LogP contribution < -0.4 is 5.32 Å². The number of furan rings is 1. The highest BCUT2D eigenvalue weighted by Crippen LogP contribution is 2.09. The van der Waals surface area contributed by atoms with Gasteiger partial charge in [-0.25, -0.2) is 0 Å². The zero-order valence-corrected chi connectivity index (χ0v) is 10.1. The Labute approximate surface area is 102 Å². The van der Waals surface area contributed by atoms with Crippen LogP contribution in [0.15, 0.2) is 47.2 Å². The lowest BCUT2D eigenvalue weighted by Gasteiger charge is -2.14. The predicted molar refractivity (Wildman–Crippen MR) is 67.8 cm³/mol. The van der Waals surface area contributed by atoms with Crippen molar-refractivity contribution in [2.75, 3.05) is 7.05 Å². The van der Waals surface area contributed by atoms with Crippen LogP contribution in [0.1, 0.15) is 17.9 Å². The lowest BCUT2D eigenvalue weighted by Crippen LogP contribution is -2.28. The second-order valence-electron chi connectivity index (χ2n) is 4.13. The summed E-state index contributed by atoms with van der Waals surface area (Å²) in [5.74, 6) is 1.03. The minimum absolute atomic E-state index is 0.433. The van der Waals surface area contributed by atoms with Crippen LogP contribution >= 0.6 is 0 Å². The number of nitrogens with one attached hydrogen (secondary N) is 1. The molecule has 0 saturated carbocycles. The summed E-state index contributed by atoms with van der Waals surface area (Å²) in [5.41, 5.74) is 1.15. The monoisotopic (exact) mass is 230 g/mol. The van der Waals surface area contributed by atoms with Crippen LogP contribution in [0.5, 0.6) is 0 Å². The fourth-order valence-electron chi connectivity index (χ4n) is 1.89. The van der Waals surface area contributed by atoms with Gasteiger partial charge in [-0.3, -0.25) is 4.98 Å². The Hall–Kier alpha value is -1.61. The molecule has 90 valence electrons. The molecule has 1 atom stereocenters. The second-order valence-corrected chi connectivity index (χ2v) is 4.13. The third kappa shape index (κ3) is 3.71. The maximum atomic E-state index is 5.36. The first-order valence-corrected chi connectivity index (χ1v) is 5.98. The average molecular weight is 230 g/mol. The normalized spacial score (nSPS) is 12.5. The fourth-order valence-corrected chi connectivity index (χ4v) is 1.89. The summed E-state index contributed by atoms with van der Waals surface area (Å²) in [6.07, 6.45) is 6.55. The van der Waals surface area contributed by atoms with E-state index in [0.717, 1.165) is 30.7 Å². The van der Waals surface area contributed by atoms with Crippen molar-refractivity contribution in [3.63, 3.8) is 0 Å². The molecule has 0 aliphatic rings. The van der Waals surface area contributed by atoms with Crippen LogP contribution in [-0.2, 0) is 12.8 Å². The first-order chi connectivity index (χ1) is 8.38. The largest absolute Gasteiger partial charge is 0.469 e. The third-order valence-corrected chi connectivity index (χ3v) is 2.91. The molecule has 2 heterocycles. The van der Waals surface area contributed by atoms with E-state index in [1.807, 2.05) is 37.5 Å². The number of likely N-dealkylation sites (N-methyl/N-ethyl adjacent to an activating group) is 1. The topological polar surface area (TPSA) is 38.1 Å². The molecule has 0 bridgehead atoms. The zero-order chi connectivity index (χ0) is 11.9. The number of nitrogens with zero attached hydrogens (tertiary/aromatic N) is 1. The first kappa shape index (κ1) is 11.9. The summed E-state index contributed by atoms with van der Waals surface area (Å²) in [6, 6.07) is 10.4. The Morgan fingerprint density at radius 3 is 2.88 bits per heavy atom. The van der Waals surface area contributed by atoms with Gasteiger partial charge in [0.2, 0.25) is 0 Å². The van der Waals surface area contributed by atoms with Crippen LogP contribution in [0.3, 0.4) is 0 Å². The van der Waals surface area contributed by atoms with E-state index in [9.17, 15) is 0 Å². The molecule has 17 heavy (non-hydrogen) atoms. The van der Waals surface area contributed by atoms with Gasteiger partial charge >= 0.3 is 0 Å². The van der Waals surface area contributed by atoms with Crippen LogP contribution in [-0.4, -0.2) is 18.1 Å². The summed E-state index contributed by atoms with van der Waals surface area (Å²) in [5, 5.41) is 3.32. The molecule has 0 amide bonds. The van der Waals surface area contributed by atoms with Gasteiger partial charge in [-0.05, 0) is 44.2 Å². The zero-order valence-electron chi connectivity index (χ0n) is 10.1. The van der Waals surface area contributed by atoms with Gasteiger partial charge in [-0.1, -0.05) is 6.07 Å². The summed E-state index contributed by atoms with van der Waals surface area (Å²) in [7, 11) is 1.99. The number of rotatable bonds is 6. The Balaban J connectivity index is 1.84. The summed E-state index contributed by atoms with van der Waals surface area (Å²) >= 11 is 0. The molecule has 0 fully saturated rings. The minimum atomic E-state index is 0.433. The summed E-state index contributed by atoms with van der Waals surface area (Å²) < 4.78 is 5.36. The van der Waals surface area contributed by atoms with E-state index in [-0.39, 0.29) is 0 Å². The molecule has 3 heteroatoms. The van der Waals surface area contributed by atoms with Gasteiger partial charge in [0.25, 0.3) is 0 Å². The number of aromatic nitrogens is 1. The van der Waals surface area contributed by atoms with Crippen molar-refractivity contribution in [2.24, 2.45) is 0 Å². The average Bonchev–Trinajstić information content (AvgIpc) is 2.88. The van der Waals surface area contributed by atoms with E-state index in [1.54, 1.807) is 6.26 Å². The molecule has 1 unspecified atom stereocenters. The molecular weight excluding hydrogens is 212 g/mol. The lowest BCUT2D eigenvalue weighted by molar-refractivity contribution is 0.442. The van der Waals surface area contributed by atoms with Crippen molar-refractivity contribution < 1.29 is 4.42 Å². The van der Waals surface area contributed by atoms with E-state index >= 15 is 0 Å². The molecule has 2 aromatic rings. The minimum Gasteiger partial charge on any atom is -0.469 e. The van der Waals surface area contributed by atoms with Gasteiger partial charge in [0.15, 0.2) is 0 Å². The Kier molecular flexibility index (Phi) is 4.33. The summed E-state index contributed by atoms with van der Waals surface area (Å²) in [6.45, 7) is 0. The molecule has 0 aromatic carbocycles. The quantitative estimate of drug-likeness (QED) is 0.828. The number of pyridine rings is 1. The predicted octanol–water partition coefficient (Wildman–Crippen LogP) is 2.44. The number of aryl methyl sites for hydroxylation is 1. The fraction of sp³-hybridized carbons (Fsp3) is 0.357. The van der Waals surface area contributed by atoms with Crippen molar-refractivity contribution in [1.82, 2.24) is 10.3 Å². The molecule has 1 N–H and O–H groups in total. The van der Waals surface area contributed by atoms with E-state index in [1.165, 1.54) is 0 Å². The van der Waals surface area contributed by atoms with Gasteiger partial charge < -0.3 is 9.73 Å². The van der Waals surface area contributed by atoms with Crippen LogP contribution in [0.25, 0.3) is 0 Å². The maximum Gasteiger partial charge on any atom is 0.105 e. The number of hydrogen-bond donors (Lipinski definition) is 1. The van der Waals surface area contributed by atoms with Gasteiger partial charge in [0.05, 0.1) is 6.26 Å². The van der Waals surface area contributed by atoms with Crippen LogP contribution in [0, 0.1) is 0 Å².